The van der Waals surface area contributed by atoms with Crippen LogP contribution in [0, 0.1) is 11.7 Å². The van der Waals surface area contributed by atoms with Crippen LogP contribution in [0.5, 0.6) is 11.6 Å². The van der Waals surface area contributed by atoms with Crippen molar-refractivity contribution in [1.82, 2.24) is 25.1 Å². The lowest BCUT2D eigenvalue weighted by atomic mass is 9.96. The fourth-order valence-electron chi connectivity index (χ4n) is 5.64. The zero-order valence-electron chi connectivity index (χ0n) is 24.8. The highest BCUT2D eigenvalue weighted by Crippen LogP contribution is 2.30. The summed E-state index contributed by atoms with van der Waals surface area (Å²) in [6.07, 6.45) is 3.84. The summed E-state index contributed by atoms with van der Waals surface area (Å²) in [5, 5.41) is 11.9. The van der Waals surface area contributed by atoms with Gasteiger partial charge >= 0.3 is 5.97 Å². The second-order valence-corrected chi connectivity index (χ2v) is 12.4. The second kappa shape index (κ2) is 14.9. The molecule has 44 heavy (non-hydrogen) atoms. The highest BCUT2D eigenvalue weighted by Gasteiger charge is 2.21. The highest BCUT2D eigenvalue weighted by molar-refractivity contribution is 9.10. The number of carbonyl (C=O) groups excluding carboxylic acids is 1. The van der Waals surface area contributed by atoms with E-state index in [9.17, 15) is 14.0 Å². The lowest BCUT2D eigenvalue weighted by molar-refractivity contribution is -0.137. The monoisotopic (exact) mass is 668 g/mol. The number of carbonyl (C=O) groups is 2. The van der Waals surface area contributed by atoms with Crippen molar-refractivity contribution in [3.8, 4) is 22.9 Å². The first-order chi connectivity index (χ1) is 21.2. The Morgan fingerprint density at radius 2 is 1.82 bits per heavy atom. The van der Waals surface area contributed by atoms with Gasteiger partial charge in [0.15, 0.2) is 0 Å². The summed E-state index contributed by atoms with van der Waals surface area (Å²) in [5.74, 6) is 1.13. The number of likely N-dealkylation sites (tertiary alicyclic amines) is 1. The van der Waals surface area contributed by atoms with Gasteiger partial charge in [-0.05, 0) is 73.8 Å². The number of carboxylic acids is 1. The van der Waals surface area contributed by atoms with E-state index in [0.29, 0.717) is 52.9 Å². The van der Waals surface area contributed by atoms with Crippen LogP contribution in [0.1, 0.15) is 31.7 Å². The quantitative estimate of drug-likeness (QED) is 0.298. The van der Waals surface area contributed by atoms with Gasteiger partial charge in [-0.15, -0.1) is 0 Å². The maximum Gasteiger partial charge on any atom is 0.304 e. The summed E-state index contributed by atoms with van der Waals surface area (Å²) in [7, 11) is 0. The molecule has 0 atom stereocenters. The highest BCUT2D eigenvalue weighted by atomic mass is 79.9. The van der Waals surface area contributed by atoms with E-state index in [1.54, 1.807) is 13.1 Å². The van der Waals surface area contributed by atoms with E-state index in [1.807, 2.05) is 30.3 Å². The number of amides is 1. The van der Waals surface area contributed by atoms with E-state index in [0.717, 1.165) is 63.5 Å². The van der Waals surface area contributed by atoms with Gasteiger partial charge in [0.2, 0.25) is 11.8 Å². The van der Waals surface area contributed by atoms with E-state index in [2.05, 4.69) is 40.9 Å². The topological polar surface area (TPSA) is 111 Å². The van der Waals surface area contributed by atoms with Crippen molar-refractivity contribution >= 4 is 33.6 Å². The molecule has 2 N–H and O–H groups in total. The lowest BCUT2D eigenvalue weighted by Crippen LogP contribution is -2.47. The molecule has 2 aliphatic heterocycles. The van der Waals surface area contributed by atoms with Gasteiger partial charge < -0.3 is 20.1 Å². The molecule has 0 aliphatic carbocycles. The van der Waals surface area contributed by atoms with Crippen LogP contribution in [0.4, 0.5) is 10.2 Å². The van der Waals surface area contributed by atoms with Gasteiger partial charge in [0.05, 0.1) is 18.3 Å². The minimum Gasteiger partial charge on any atom is -0.481 e. The van der Waals surface area contributed by atoms with Crippen molar-refractivity contribution in [3.63, 3.8) is 0 Å². The molecule has 3 aromatic rings. The number of halogens is 2. The van der Waals surface area contributed by atoms with Crippen LogP contribution in [-0.2, 0) is 16.1 Å². The zero-order valence-corrected chi connectivity index (χ0v) is 26.4. The van der Waals surface area contributed by atoms with Crippen molar-refractivity contribution in [2.45, 2.75) is 32.7 Å². The molecule has 1 aromatic carbocycles. The first kappa shape index (κ1) is 31.8. The standard InChI is InChI=1S/C32H38BrFN6O4/c1-22(41)35-19-23-4-7-39(8-5-23)21-24-14-29(25-16-26(33)18-27(34)17-25)37-31(15-24)44-28-2-3-30(36-20-28)40-12-10-38(11-13-40)9-6-32(42)43/h2-3,14-18,20,23H,4-13,19,21H2,1H3,(H,35,41)(H,42,43). The van der Waals surface area contributed by atoms with Crippen molar-refractivity contribution < 1.29 is 23.8 Å². The normalized spacial score (nSPS) is 16.6. The molecule has 0 spiro atoms. The first-order valence-corrected chi connectivity index (χ1v) is 15.8. The molecular weight excluding hydrogens is 631 g/mol. The molecule has 2 aliphatic rings. The number of piperazine rings is 1. The fourth-order valence-corrected chi connectivity index (χ4v) is 6.11. The Labute approximate surface area is 265 Å². The number of aliphatic carboxylic acids is 1. The number of ether oxygens (including phenoxy) is 1. The molecule has 12 heteroatoms. The number of piperidine rings is 1. The van der Waals surface area contributed by atoms with Gasteiger partial charge in [-0.1, -0.05) is 15.9 Å². The molecule has 2 aromatic heterocycles. The number of rotatable bonds is 11. The molecule has 2 fully saturated rings. The Morgan fingerprint density at radius 1 is 1.05 bits per heavy atom. The largest absolute Gasteiger partial charge is 0.481 e. The molecule has 2 saturated heterocycles. The summed E-state index contributed by atoms with van der Waals surface area (Å²) in [6.45, 7) is 8.47. The Morgan fingerprint density at radius 3 is 2.48 bits per heavy atom. The van der Waals surface area contributed by atoms with E-state index in [1.165, 1.54) is 12.1 Å². The van der Waals surface area contributed by atoms with Crippen LogP contribution in [0.3, 0.4) is 0 Å². The molecule has 0 saturated carbocycles. The summed E-state index contributed by atoms with van der Waals surface area (Å²) < 4.78 is 21.1. The average Bonchev–Trinajstić information content (AvgIpc) is 3.00. The Bertz CT molecular complexity index is 1420. The van der Waals surface area contributed by atoms with Gasteiger partial charge in [-0.2, -0.15) is 0 Å². The number of pyridine rings is 2. The Hall–Kier alpha value is -3.61. The van der Waals surface area contributed by atoms with Crippen LogP contribution in [-0.4, -0.2) is 89.1 Å². The van der Waals surface area contributed by atoms with Crippen LogP contribution < -0.4 is 15.0 Å². The van der Waals surface area contributed by atoms with Crippen molar-refractivity contribution in [2.24, 2.45) is 5.92 Å². The first-order valence-electron chi connectivity index (χ1n) is 15.0. The Kier molecular flexibility index (Phi) is 10.8. The maximum absolute atomic E-state index is 14.3. The van der Waals surface area contributed by atoms with Gasteiger partial charge in [0.1, 0.15) is 17.4 Å². The number of carboxylic acid groups (broad SMARTS) is 1. The number of benzene rings is 1. The summed E-state index contributed by atoms with van der Waals surface area (Å²) in [5.41, 5.74) is 2.27. The minimum absolute atomic E-state index is 0.00546. The third-order valence-electron chi connectivity index (χ3n) is 8.05. The molecule has 0 unspecified atom stereocenters. The predicted molar refractivity (Wildman–Crippen MR) is 169 cm³/mol. The van der Waals surface area contributed by atoms with Crippen LogP contribution in [0.2, 0.25) is 0 Å². The summed E-state index contributed by atoms with van der Waals surface area (Å²) in [4.78, 5) is 38.2. The fraction of sp³-hybridized carbons (Fsp3) is 0.438. The molecular formula is C32H38BrFN6O4. The third kappa shape index (κ3) is 9.20. The lowest BCUT2D eigenvalue weighted by Gasteiger charge is -2.35. The average molecular weight is 670 g/mol. The molecule has 1 amide bonds. The number of nitrogens with one attached hydrogen (secondary N) is 1. The van der Waals surface area contributed by atoms with Crippen molar-refractivity contribution in [3.05, 3.63) is 64.5 Å². The van der Waals surface area contributed by atoms with E-state index < -0.39 is 5.97 Å². The minimum atomic E-state index is -0.777. The van der Waals surface area contributed by atoms with Crippen molar-refractivity contribution in [2.75, 3.05) is 57.3 Å². The Balaban J connectivity index is 1.27. The molecule has 10 nitrogen and oxygen atoms in total. The molecule has 234 valence electrons. The predicted octanol–water partition coefficient (Wildman–Crippen LogP) is 4.78. The zero-order chi connectivity index (χ0) is 31.1. The number of nitrogens with zero attached hydrogens (tertiary/aromatic N) is 5. The molecule has 0 bridgehead atoms. The number of hydrogen-bond donors (Lipinski definition) is 2. The maximum atomic E-state index is 14.3. The number of anilines is 1. The number of aromatic nitrogens is 2. The van der Waals surface area contributed by atoms with Crippen molar-refractivity contribution in [1.29, 1.82) is 0 Å². The molecule has 0 radical (unpaired) electrons. The SMILES string of the molecule is CC(=O)NCC1CCN(Cc2cc(Oc3ccc(N4CCN(CCC(=O)O)CC4)nc3)nc(-c3cc(F)cc(Br)c3)c2)CC1. The summed E-state index contributed by atoms with van der Waals surface area (Å²) in [6, 6.07) is 12.4. The molecule has 5 rings (SSSR count). The van der Waals surface area contributed by atoms with Gasteiger partial charge in [0.25, 0.3) is 0 Å². The van der Waals surface area contributed by atoms with E-state index in [4.69, 9.17) is 14.8 Å². The van der Waals surface area contributed by atoms with Gasteiger partial charge in [0, 0.05) is 68.8 Å². The van der Waals surface area contributed by atoms with Gasteiger partial charge in [-0.25, -0.2) is 14.4 Å². The number of hydrogen-bond acceptors (Lipinski definition) is 8. The second-order valence-electron chi connectivity index (χ2n) is 11.4. The van der Waals surface area contributed by atoms with Crippen LogP contribution in [0.25, 0.3) is 11.3 Å². The van der Waals surface area contributed by atoms with E-state index in [-0.39, 0.29) is 18.1 Å². The van der Waals surface area contributed by atoms with E-state index >= 15 is 0 Å². The van der Waals surface area contributed by atoms with Crippen LogP contribution in [0.15, 0.2) is 53.1 Å². The molecule has 4 heterocycles. The van der Waals surface area contributed by atoms with Crippen LogP contribution >= 0.6 is 15.9 Å². The smallest absolute Gasteiger partial charge is 0.304 e. The third-order valence-corrected chi connectivity index (χ3v) is 8.51. The van der Waals surface area contributed by atoms with Gasteiger partial charge in [-0.3, -0.25) is 19.4 Å². The summed E-state index contributed by atoms with van der Waals surface area (Å²) >= 11 is 3.39.